The van der Waals surface area contributed by atoms with E-state index in [4.69, 9.17) is 5.11 Å². The zero-order valence-corrected chi connectivity index (χ0v) is 10.0. The van der Waals surface area contributed by atoms with Crippen molar-refractivity contribution in [1.29, 1.82) is 0 Å². The molecule has 0 saturated heterocycles. The van der Waals surface area contributed by atoms with Crippen molar-refractivity contribution in [1.82, 2.24) is 0 Å². The van der Waals surface area contributed by atoms with Crippen molar-refractivity contribution in [3.05, 3.63) is 41.0 Å². The molecule has 0 aliphatic carbocycles. The molecule has 0 unspecified atom stereocenters. The Hall–Kier alpha value is -1.78. The smallest absolute Gasteiger partial charge is 0.416 e. The number of halogens is 3. The molecule has 0 bridgehead atoms. The Labute approximate surface area is 103 Å². The summed E-state index contributed by atoms with van der Waals surface area (Å²) < 4.78 is 37.1. The molecule has 0 aliphatic heterocycles. The van der Waals surface area contributed by atoms with E-state index >= 15 is 0 Å². The van der Waals surface area contributed by atoms with Crippen LogP contribution in [-0.4, -0.2) is 11.1 Å². The topological polar surface area (TPSA) is 37.3 Å². The lowest BCUT2D eigenvalue weighted by molar-refractivity contribution is -0.137. The number of allylic oxidation sites excluding steroid dienone is 1. The largest absolute Gasteiger partial charge is 0.478 e. The zero-order chi connectivity index (χ0) is 13.9. The van der Waals surface area contributed by atoms with Crippen molar-refractivity contribution in [3.8, 4) is 0 Å². The third-order valence-corrected chi connectivity index (χ3v) is 2.69. The fraction of sp³-hybridized carbons (Fsp3) is 0.308. The van der Waals surface area contributed by atoms with E-state index in [0.29, 0.717) is 17.6 Å². The van der Waals surface area contributed by atoms with E-state index < -0.39 is 17.7 Å². The van der Waals surface area contributed by atoms with E-state index in [-0.39, 0.29) is 5.57 Å². The van der Waals surface area contributed by atoms with Crippen LogP contribution >= 0.6 is 0 Å². The number of alkyl halides is 3. The highest BCUT2D eigenvalue weighted by Crippen LogP contribution is 2.31. The van der Waals surface area contributed by atoms with Crippen molar-refractivity contribution in [2.45, 2.75) is 26.4 Å². The summed E-state index contributed by atoms with van der Waals surface area (Å²) in [6, 6.07) is 4.52. The number of carboxylic acids is 1. The number of aliphatic carboxylic acids is 1. The summed E-state index contributed by atoms with van der Waals surface area (Å²) in [4.78, 5) is 10.9. The number of carbonyl (C=O) groups is 1. The van der Waals surface area contributed by atoms with Crippen molar-refractivity contribution < 1.29 is 23.1 Å². The average Bonchev–Trinajstić information content (AvgIpc) is 2.29. The quantitative estimate of drug-likeness (QED) is 0.833. The highest BCUT2D eigenvalue weighted by molar-refractivity contribution is 5.95. The van der Waals surface area contributed by atoms with E-state index in [9.17, 15) is 18.0 Å². The first-order valence-corrected chi connectivity index (χ1v) is 5.38. The maximum Gasteiger partial charge on any atom is 0.416 e. The second-order valence-electron chi connectivity index (χ2n) is 3.84. The fourth-order valence-electron chi connectivity index (χ4n) is 1.68. The number of rotatable bonds is 3. The van der Waals surface area contributed by atoms with Crippen LogP contribution in [-0.2, 0) is 11.0 Å². The highest BCUT2D eigenvalue weighted by Gasteiger charge is 2.30. The molecular weight excluding hydrogens is 245 g/mol. The van der Waals surface area contributed by atoms with Crippen LogP contribution in [0.4, 0.5) is 13.2 Å². The Bertz CT molecular complexity index is 470. The number of carboxylic acid groups (broad SMARTS) is 1. The van der Waals surface area contributed by atoms with Crippen LogP contribution in [0.25, 0.3) is 5.57 Å². The van der Waals surface area contributed by atoms with Gasteiger partial charge in [0.1, 0.15) is 0 Å². The Morgan fingerprint density at radius 1 is 1.22 bits per heavy atom. The maximum atomic E-state index is 12.4. The molecule has 1 rings (SSSR count). The van der Waals surface area contributed by atoms with Crippen LogP contribution in [0.15, 0.2) is 29.8 Å². The molecule has 0 heterocycles. The monoisotopic (exact) mass is 258 g/mol. The molecule has 0 radical (unpaired) electrons. The van der Waals surface area contributed by atoms with Crippen molar-refractivity contribution in [2.75, 3.05) is 0 Å². The van der Waals surface area contributed by atoms with Gasteiger partial charge in [0.05, 0.1) is 5.56 Å². The molecular formula is C13H13F3O2. The van der Waals surface area contributed by atoms with E-state index in [1.165, 1.54) is 19.1 Å². The lowest BCUT2D eigenvalue weighted by Gasteiger charge is -2.10. The Balaban J connectivity index is 3.19. The van der Waals surface area contributed by atoms with Gasteiger partial charge in [0.2, 0.25) is 0 Å². The van der Waals surface area contributed by atoms with Crippen LogP contribution in [0, 0.1) is 0 Å². The van der Waals surface area contributed by atoms with Gasteiger partial charge in [0, 0.05) is 5.57 Å². The predicted octanol–water partition coefficient (Wildman–Crippen LogP) is 3.97. The first-order chi connectivity index (χ1) is 8.27. The number of hydrogen-bond acceptors (Lipinski definition) is 1. The number of benzene rings is 1. The third kappa shape index (κ3) is 3.12. The average molecular weight is 258 g/mol. The normalized spacial score (nSPS) is 13.2. The Kier molecular flexibility index (Phi) is 4.16. The first kappa shape index (κ1) is 14.3. The molecule has 0 saturated carbocycles. The van der Waals surface area contributed by atoms with Gasteiger partial charge in [0.15, 0.2) is 0 Å². The molecule has 0 aliphatic rings. The van der Waals surface area contributed by atoms with E-state index in [2.05, 4.69) is 0 Å². The van der Waals surface area contributed by atoms with Crippen molar-refractivity contribution >= 4 is 11.5 Å². The van der Waals surface area contributed by atoms with Crippen LogP contribution in [0.5, 0.6) is 0 Å². The van der Waals surface area contributed by atoms with Gasteiger partial charge in [-0.15, -0.1) is 0 Å². The third-order valence-electron chi connectivity index (χ3n) is 2.69. The number of hydrogen-bond donors (Lipinski definition) is 1. The molecule has 0 spiro atoms. The summed E-state index contributed by atoms with van der Waals surface area (Å²) in [5.74, 6) is -1.06. The molecule has 1 aromatic carbocycles. The van der Waals surface area contributed by atoms with Gasteiger partial charge < -0.3 is 5.11 Å². The standard InChI is InChI=1S/C13H13F3O2/c1-3-11(8(2)12(17)18)9-4-6-10(7-5-9)13(14,15)16/h4-7H,3H2,1-2H3,(H,17,18). The summed E-state index contributed by atoms with van der Waals surface area (Å²) in [7, 11) is 0. The van der Waals surface area contributed by atoms with Gasteiger partial charge in [-0.2, -0.15) is 13.2 Å². The Morgan fingerprint density at radius 3 is 2.06 bits per heavy atom. The minimum absolute atomic E-state index is 0.150. The summed E-state index contributed by atoms with van der Waals surface area (Å²) >= 11 is 0. The molecule has 0 amide bonds. The van der Waals surface area contributed by atoms with Gasteiger partial charge in [-0.3, -0.25) is 0 Å². The molecule has 1 N–H and O–H groups in total. The van der Waals surface area contributed by atoms with E-state index in [1.54, 1.807) is 6.92 Å². The SMILES string of the molecule is CCC(=C(C)C(=O)O)c1ccc(C(F)(F)F)cc1. The Morgan fingerprint density at radius 2 is 1.72 bits per heavy atom. The van der Waals surface area contributed by atoms with Gasteiger partial charge in [-0.25, -0.2) is 4.79 Å². The molecule has 0 aromatic heterocycles. The van der Waals surface area contributed by atoms with Crippen LogP contribution in [0.1, 0.15) is 31.4 Å². The minimum Gasteiger partial charge on any atom is -0.478 e. The van der Waals surface area contributed by atoms with Gasteiger partial charge in [0.25, 0.3) is 0 Å². The first-order valence-electron chi connectivity index (χ1n) is 5.38. The van der Waals surface area contributed by atoms with Gasteiger partial charge in [-0.05, 0) is 36.6 Å². The summed E-state index contributed by atoms with van der Waals surface area (Å²) in [6.07, 6.45) is -3.93. The summed E-state index contributed by atoms with van der Waals surface area (Å²) in [6.45, 7) is 3.21. The van der Waals surface area contributed by atoms with Crippen molar-refractivity contribution in [3.63, 3.8) is 0 Å². The maximum absolute atomic E-state index is 12.4. The summed E-state index contributed by atoms with van der Waals surface area (Å²) in [5.41, 5.74) is 0.452. The van der Waals surface area contributed by atoms with Crippen molar-refractivity contribution in [2.24, 2.45) is 0 Å². The predicted molar refractivity (Wildman–Crippen MR) is 62.0 cm³/mol. The lowest BCUT2D eigenvalue weighted by atomic mass is 9.97. The minimum atomic E-state index is -4.38. The molecule has 0 fully saturated rings. The van der Waals surface area contributed by atoms with Gasteiger partial charge >= 0.3 is 12.1 Å². The molecule has 2 nitrogen and oxygen atoms in total. The molecule has 1 aromatic rings. The highest BCUT2D eigenvalue weighted by atomic mass is 19.4. The molecule has 5 heteroatoms. The molecule has 98 valence electrons. The lowest BCUT2D eigenvalue weighted by Crippen LogP contribution is -2.05. The van der Waals surface area contributed by atoms with Gasteiger partial charge in [-0.1, -0.05) is 19.1 Å². The van der Waals surface area contributed by atoms with E-state index in [1.807, 2.05) is 0 Å². The molecule has 0 atom stereocenters. The van der Waals surface area contributed by atoms with Crippen LogP contribution in [0.2, 0.25) is 0 Å². The zero-order valence-electron chi connectivity index (χ0n) is 10.0. The fourth-order valence-corrected chi connectivity index (χ4v) is 1.68. The van der Waals surface area contributed by atoms with Crippen LogP contribution < -0.4 is 0 Å². The second kappa shape index (κ2) is 5.25. The second-order valence-corrected chi connectivity index (χ2v) is 3.84. The molecule has 18 heavy (non-hydrogen) atoms. The van der Waals surface area contributed by atoms with Crippen LogP contribution in [0.3, 0.4) is 0 Å². The summed E-state index contributed by atoms with van der Waals surface area (Å²) in [5, 5.41) is 8.89. The van der Waals surface area contributed by atoms with E-state index in [0.717, 1.165) is 12.1 Å².